The van der Waals surface area contributed by atoms with Crippen LogP contribution in [0.15, 0.2) is 66.9 Å². The lowest BCUT2D eigenvalue weighted by Gasteiger charge is -2.07. The fraction of sp³-hybridized carbons (Fsp3) is 0.125. The zero-order chi connectivity index (χ0) is 22.1. The van der Waals surface area contributed by atoms with E-state index < -0.39 is 0 Å². The molecule has 0 spiro atoms. The number of aromatic nitrogens is 4. The number of H-pyrrole nitrogens is 1. The number of imidazole rings is 2. The lowest BCUT2D eigenvalue weighted by Crippen LogP contribution is -2.28. The van der Waals surface area contributed by atoms with Gasteiger partial charge in [-0.05, 0) is 42.5 Å². The lowest BCUT2D eigenvalue weighted by atomic mass is 10.1. The molecule has 0 saturated heterocycles. The minimum atomic E-state index is -0.314. The Morgan fingerprint density at radius 1 is 1.09 bits per heavy atom. The lowest BCUT2D eigenvalue weighted by molar-refractivity contribution is -0.120. The largest absolute Gasteiger partial charge is 0.355 e. The van der Waals surface area contributed by atoms with Crippen molar-refractivity contribution < 1.29 is 9.18 Å². The van der Waals surface area contributed by atoms with E-state index in [0.717, 1.165) is 22.6 Å². The minimum Gasteiger partial charge on any atom is -0.355 e. The molecule has 160 valence electrons. The number of rotatable bonds is 6. The van der Waals surface area contributed by atoms with E-state index in [9.17, 15) is 9.18 Å². The molecule has 32 heavy (non-hydrogen) atoms. The summed E-state index contributed by atoms with van der Waals surface area (Å²) in [6.45, 7) is 0.411. The number of nitrogens with zero attached hydrogens (tertiary/aromatic N) is 3. The topological polar surface area (TPSA) is 75.1 Å². The van der Waals surface area contributed by atoms with Crippen LogP contribution < -0.4 is 5.32 Å². The van der Waals surface area contributed by atoms with Gasteiger partial charge in [0.25, 0.3) is 0 Å². The van der Waals surface area contributed by atoms with Crippen LogP contribution in [-0.4, -0.2) is 31.8 Å². The maximum atomic E-state index is 13.4. The highest BCUT2D eigenvalue weighted by Gasteiger charge is 2.17. The maximum absolute atomic E-state index is 13.4. The van der Waals surface area contributed by atoms with E-state index in [-0.39, 0.29) is 18.1 Å². The van der Waals surface area contributed by atoms with Crippen molar-refractivity contribution in [3.8, 4) is 11.3 Å². The van der Waals surface area contributed by atoms with Gasteiger partial charge < -0.3 is 14.7 Å². The Hall–Kier alpha value is -3.71. The van der Waals surface area contributed by atoms with Crippen LogP contribution in [0.1, 0.15) is 11.5 Å². The highest BCUT2D eigenvalue weighted by molar-refractivity contribution is 6.30. The first-order chi connectivity index (χ1) is 15.6. The van der Waals surface area contributed by atoms with Gasteiger partial charge in [0.1, 0.15) is 17.3 Å². The normalized spacial score (nSPS) is 11.3. The number of aromatic amines is 1. The van der Waals surface area contributed by atoms with E-state index in [1.807, 2.05) is 53.1 Å². The summed E-state index contributed by atoms with van der Waals surface area (Å²) in [6.07, 6.45) is 2.59. The van der Waals surface area contributed by atoms with Crippen LogP contribution in [0.2, 0.25) is 5.02 Å². The summed E-state index contributed by atoms with van der Waals surface area (Å²) in [4.78, 5) is 25.0. The summed E-state index contributed by atoms with van der Waals surface area (Å²) < 4.78 is 15.3. The molecule has 0 aliphatic rings. The first kappa shape index (κ1) is 20.2. The number of benzene rings is 2. The van der Waals surface area contributed by atoms with Crippen molar-refractivity contribution in [3.63, 3.8) is 0 Å². The number of nitrogens with one attached hydrogen (secondary N) is 2. The molecule has 0 unspecified atom stereocenters. The van der Waals surface area contributed by atoms with Crippen LogP contribution >= 0.6 is 11.6 Å². The summed E-state index contributed by atoms with van der Waals surface area (Å²) in [5.74, 6) is 0.265. The number of fused-ring (bicyclic) bond motifs is 2. The Labute approximate surface area is 188 Å². The van der Waals surface area contributed by atoms with Crippen molar-refractivity contribution in [2.75, 3.05) is 6.54 Å². The molecule has 0 aliphatic heterocycles. The molecule has 3 heterocycles. The van der Waals surface area contributed by atoms with Gasteiger partial charge in [0.15, 0.2) is 0 Å². The van der Waals surface area contributed by atoms with Crippen LogP contribution in [0.4, 0.5) is 4.39 Å². The molecular weight excluding hydrogens is 429 g/mol. The molecule has 0 fully saturated rings. The van der Waals surface area contributed by atoms with Crippen LogP contribution in [0, 0.1) is 5.82 Å². The number of hydrogen-bond donors (Lipinski definition) is 2. The van der Waals surface area contributed by atoms with Gasteiger partial charge in [0.05, 0.1) is 28.8 Å². The zero-order valence-corrected chi connectivity index (χ0v) is 17.7. The number of hydrogen-bond acceptors (Lipinski definition) is 3. The van der Waals surface area contributed by atoms with Crippen molar-refractivity contribution >= 4 is 34.2 Å². The van der Waals surface area contributed by atoms with Crippen LogP contribution in [0.5, 0.6) is 0 Å². The average molecular weight is 448 g/mol. The molecule has 6 nitrogen and oxygen atoms in total. The SMILES string of the molecule is O=C(Cc1c(-c2ccc(Cl)cc2)nc2ccccn12)NCCc1nc2ccc(F)cc2[nH]1. The molecule has 8 heteroatoms. The molecule has 2 N–H and O–H groups in total. The molecule has 5 aromatic rings. The van der Waals surface area contributed by atoms with Gasteiger partial charge in [-0.3, -0.25) is 4.79 Å². The summed E-state index contributed by atoms with van der Waals surface area (Å²) in [6, 6.07) is 17.6. The van der Waals surface area contributed by atoms with Crippen LogP contribution in [0.3, 0.4) is 0 Å². The predicted molar refractivity (Wildman–Crippen MR) is 122 cm³/mol. The summed E-state index contributed by atoms with van der Waals surface area (Å²) in [5.41, 5.74) is 4.57. The van der Waals surface area contributed by atoms with E-state index in [2.05, 4.69) is 15.3 Å². The van der Waals surface area contributed by atoms with E-state index >= 15 is 0 Å². The van der Waals surface area contributed by atoms with Gasteiger partial charge in [-0.25, -0.2) is 14.4 Å². The first-order valence-corrected chi connectivity index (χ1v) is 10.6. The van der Waals surface area contributed by atoms with Gasteiger partial charge in [0.2, 0.25) is 5.91 Å². The number of amides is 1. The fourth-order valence-electron chi connectivity index (χ4n) is 3.74. The minimum absolute atomic E-state index is 0.118. The third-order valence-electron chi connectivity index (χ3n) is 5.25. The summed E-state index contributed by atoms with van der Waals surface area (Å²) >= 11 is 6.03. The third kappa shape index (κ3) is 4.07. The Morgan fingerprint density at radius 2 is 1.94 bits per heavy atom. The predicted octanol–water partition coefficient (Wildman–Crippen LogP) is 4.57. The van der Waals surface area contributed by atoms with Crippen molar-refractivity contribution in [2.45, 2.75) is 12.8 Å². The number of carbonyl (C=O) groups excluding carboxylic acids is 1. The molecule has 0 atom stereocenters. The highest BCUT2D eigenvalue weighted by atomic mass is 35.5. The Kier molecular flexibility index (Phi) is 5.33. The number of carbonyl (C=O) groups is 1. The summed E-state index contributed by atoms with van der Waals surface area (Å²) in [5, 5.41) is 3.59. The van der Waals surface area contributed by atoms with Crippen molar-refractivity contribution in [1.29, 1.82) is 0 Å². The maximum Gasteiger partial charge on any atom is 0.226 e. The molecule has 1 amide bonds. The Balaban J connectivity index is 1.31. The second-order valence-corrected chi connectivity index (χ2v) is 7.90. The van der Waals surface area contributed by atoms with Gasteiger partial charge in [0, 0.05) is 29.7 Å². The number of pyridine rings is 1. The van der Waals surface area contributed by atoms with Crippen molar-refractivity contribution in [1.82, 2.24) is 24.7 Å². The Bertz CT molecular complexity index is 1420. The standard InChI is InChI=1S/C24H19ClFN5O/c25-16-6-4-15(5-7-16)24-20(31-12-2-1-3-22(31)30-24)14-23(32)27-11-10-21-28-18-9-8-17(26)13-19(18)29-21/h1-9,12-13H,10-11,14H2,(H,27,32)(H,28,29). The molecule has 3 aromatic heterocycles. The van der Waals surface area contributed by atoms with Crippen molar-refractivity contribution in [2.24, 2.45) is 0 Å². The van der Waals surface area contributed by atoms with Gasteiger partial charge in [-0.15, -0.1) is 0 Å². The fourth-order valence-corrected chi connectivity index (χ4v) is 3.87. The first-order valence-electron chi connectivity index (χ1n) is 10.2. The second kappa shape index (κ2) is 8.43. The molecule has 0 aliphatic carbocycles. The molecule has 0 bridgehead atoms. The monoisotopic (exact) mass is 447 g/mol. The van der Waals surface area contributed by atoms with Crippen molar-refractivity contribution in [3.05, 3.63) is 89.2 Å². The average Bonchev–Trinajstić information content (AvgIpc) is 3.35. The quantitative estimate of drug-likeness (QED) is 0.400. The van der Waals surface area contributed by atoms with E-state index in [0.29, 0.717) is 34.8 Å². The molecule has 0 radical (unpaired) electrons. The third-order valence-corrected chi connectivity index (χ3v) is 5.50. The van der Waals surface area contributed by atoms with Crippen LogP contribution in [-0.2, 0) is 17.6 Å². The van der Waals surface area contributed by atoms with E-state index in [1.165, 1.54) is 12.1 Å². The number of halogens is 2. The molecular formula is C24H19ClFN5O. The van der Waals surface area contributed by atoms with E-state index in [4.69, 9.17) is 16.6 Å². The van der Waals surface area contributed by atoms with Crippen LogP contribution in [0.25, 0.3) is 27.9 Å². The molecule has 5 rings (SSSR count). The Morgan fingerprint density at radius 3 is 2.78 bits per heavy atom. The summed E-state index contributed by atoms with van der Waals surface area (Å²) in [7, 11) is 0. The zero-order valence-electron chi connectivity index (χ0n) is 17.0. The molecule has 0 saturated carbocycles. The smallest absolute Gasteiger partial charge is 0.226 e. The second-order valence-electron chi connectivity index (χ2n) is 7.46. The van der Waals surface area contributed by atoms with Gasteiger partial charge >= 0.3 is 0 Å². The van der Waals surface area contributed by atoms with Gasteiger partial charge in [-0.2, -0.15) is 0 Å². The van der Waals surface area contributed by atoms with Gasteiger partial charge in [-0.1, -0.05) is 29.8 Å². The van der Waals surface area contributed by atoms with E-state index in [1.54, 1.807) is 6.07 Å². The molecule has 2 aromatic carbocycles. The highest BCUT2D eigenvalue weighted by Crippen LogP contribution is 2.26.